The second kappa shape index (κ2) is 17.0. The molecular formula is C49H51Cl2SiZr. The molecule has 6 aromatic carbocycles. The van der Waals surface area contributed by atoms with Crippen LogP contribution in [0.1, 0.15) is 106 Å². The predicted molar refractivity (Wildman–Crippen MR) is 220 cm³/mol. The third kappa shape index (κ3) is 8.00. The van der Waals surface area contributed by atoms with Gasteiger partial charge >= 0.3 is 26.2 Å². The molecule has 4 heteroatoms. The Morgan fingerprint density at radius 1 is 0.679 bits per heavy atom. The Kier molecular flexibility index (Phi) is 13.8. The minimum atomic E-state index is -0.00387. The van der Waals surface area contributed by atoms with Crippen LogP contribution in [-0.4, -0.2) is 9.52 Å². The van der Waals surface area contributed by atoms with Crippen LogP contribution in [0.3, 0.4) is 0 Å². The van der Waals surface area contributed by atoms with E-state index in [0.29, 0.717) is 0 Å². The summed E-state index contributed by atoms with van der Waals surface area (Å²) < 4.78 is 0. The summed E-state index contributed by atoms with van der Waals surface area (Å²) in [6, 6.07) is 41.0. The third-order valence-corrected chi connectivity index (χ3v) is 10.7. The van der Waals surface area contributed by atoms with E-state index in [0.717, 1.165) is 28.8 Å². The van der Waals surface area contributed by atoms with Gasteiger partial charge in [0.15, 0.2) is 0 Å². The van der Waals surface area contributed by atoms with Crippen LogP contribution in [0.5, 0.6) is 0 Å². The Morgan fingerprint density at radius 3 is 2.00 bits per heavy atom. The van der Waals surface area contributed by atoms with Crippen molar-refractivity contribution in [1.29, 1.82) is 0 Å². The summed E-state index contributed by atoms with van der Waals surface area (Å²) in [6.07, 6.45) is 5.74. The number of halogens is 2. The number of hydrogen-bond acceptors (Lipinski definition) is 0. The molecule has 0 saturated carbocycles. The summed E-state index contributed by atoms with van der Waals surface area (Å²) in [5, 5.41) is 5.25. The first-order valence-corrected chi connectivity index (χ1v) is 20.5. The van der Waals surface area contributed by atoms with Gasteiger partial charge in [0.05, 0.1) is 0 Å². The average molecular weight is 830 g/mol. The van der Waals surface area contributed by atoms with Crippen molar-refractivity contribution in [2.75, 3.05) is 0 Å². The molecular weight excluding hydrogens is 779 g/mol. The molecule has 53 heavy (non-hydrogen) atoms. The number of hydrogen-bond donors (Lipinski definition) is 0. The molecule has 0 N–H and O–H groups in total. The van der Waals surface area contributed by atoms with Crippen LogP contribution >= 0.6 is 0 Å². The number of rotatable bonds is 4. The molecule has 6 aromatic rings. The average Bonchev–Trinajstić information content (AvgIpc) is 3.65. The maximum atomic E-state index is 4.11. The smallest absolute Gasteiger partial charge is 1.00 e. The van der Waals surface area contributed by atoms with Gasteiger partial charge in [0.1, 0.15) is 0 Å². The summed E-state index contributed by atoms with van der Waals surface area (Å²) in [7, 11) is 1.08. The molecule has 3 radical (unpaired) electrons. The first-order chi connectivity index (χ1) is 23.9. The fourth-order valence-corrected chi connectivity index (χ4v) is 8.17. The molecule has 269 valence electrons. The van der Waals surface area contributed by atoms with Crippen LogP contribution in [0.25, 0.3) is 49.9 Å². The van der Waals surface area contributed by atoms with Crippen molar-refractivity contribution in [3.05, 3.63) is 148 Å². The first-order valence-electron chi connectivity index (χ1n) is 18.5. The zero-order valence-electron chi connectivity index (χ0n) is 32.8. The quantitative estimate of drug-likeness (QED) is 0.0969. The van der Waals surface area contributed by atoms with Crippen LogP contribution in [0, 0.1) is 6.07 Å². The summed E-state index contributed by atoms with van der Waals surface area (Å²) in [6.45, 7) is 20.6. The summed E-state index contributed by atoms with van der Waals surface area (Å²) in [4.78, 5) is 0. The van der Waals surface area contributed by atoms with Gasteiger partial charge in [0.2, 0.25) is 0 Å². The molecule has 0 aromatic heterocycles. The van der Waals surface area contributed by atoms with E-state index < -0.39 is 0 Å². The number of fused-ring (bicyclic) bond motifs is 7. The molecule has 1 unspecified atom stereocenters. The molecule has 2 aliphatic carbocycles. The molecule has 1 atom stereocenters. The largest absolute Gasteiger partial charge is 3.00 e. The zero-order chi connectivity index (χ0) is 35.4. The molecule has 0 bridgehead atoms. The first kappa shape index (κ1) is 43.0. The SMILES string of the molecule is CCCC1=Cc2c(-c3cc4ccccc4c4ccccc34)cccc2C1c1[c-]c(C(C)(C)C)cc2c1Cc1ccc(C(C)(C)C)cc1-2.C[Si]C.[Cl-].[Cl-].[Zr+3]. The minimum Gasteiger partial charge on any atom is -1.00 e. The van der Waals surface area contributed by atoms with Gasteiger partial charge in [-0.1, -0.05) is 165 Å². The molecule has 0 amide bonds. The van der Waals surface area contributed by atoms with Crippen molar-refractivity contribution in [2.45, 2.75) is 97.6 Å². The van der Waals surface area contributed by atoms with Gasteiger partial charge in [-0.15, -0.1) is 16.7 Å². The van der Waals surface area contributed by atoms with Crippen LogP contribution in [0.15, 0.2) is 103 Å². The molecule has 0 nitrogen and oxygen atoms in total. The summed E-state index contributed by atoms with van der Waals surface area (Å²) in [5.41, 5.74) is 17.0. The van der Waals surface area contributed by atoms with Crippen LogP contribution < -0.4 is 24.8 Å². The predicted octanol–water partition coefficient (Wildman–Crippen LogP) is 7.75. The Morgan fingerprint density at radius 2 is 1.34 bits per heavy atom. The molecule has 0 fully saturated rings. The van der Waals surface area contributed by atoms with Crippen LogP contribution in [-0.2, 0) is 43.5 Å². The van der Waals surface area contributed by atoms with E-state index in [1.165, 1.54) is 88.3 Å². The normalized spacial score (nSPS) is 14.1. The molecule has 2 aliphatic rings. The van der Waals surface area contributed by atoms with Crippen molar-refractivity contribution in [2.24, 2.45) is 0 Å². The van der Waals surface area contributed by atoms with E-state index in [1.807, 2.05) is 0 Å². The van der Waals surface area contributed by atoms with Crippen molar-refractivity contribution >= 4 is 37.1 Å². The van der Waals surface area contributed by atoms with E-state index in [2.05, 4.69) is 171 Å². The van der Waals surface area contributed by atoms with Gasteiger partial charge in [0.25, 0.3) is 0 Å². The van der Waals surface area contributed by atoms with Gasteiger partial charge in [-0.25, -0.2) is 0 Å². The number of benzene rings is 6. The van der Waals surface area contributed by atoms with E-state index in [4.69, 9.17) is 0 Å². The summed E-state index contributed by atoms with van der Waals surface area (Å²) >= 11 is 0. The monoisotopic (exact) mass is 827 g/mol. The topological polar surface area (TPSA) is 0 Å². The zero-order valence-corrected chi connectivity index (χ0v) is 37.7. The maximum Gasteiger partial charge on any atom is 3.00 e. The molecule has 0 heterocycles. The minimum absolute atomic E-state index is 0. The van der Waals surface area contributed by atoms with Gasteiger partial charge in [0, 0.05) is 15.4 Å². The van der Waals surface area contributed by atoms with Crippen molar-refractivity contribution in [3.63, 3.8) is 0 Å². The van der Waals surface area contributed by atoms with Crippen molar-refractivity contribution in [1.82, 2.24) is 0 Å². The van der Waals surface area contributed by atoms with Gasteiger partial charge in [-0.3, -0.25) is 0 Å². The second-order valence-electron chi connectivity index (χ2n) is 16.4. The van der Waals surface area contributed by atoms with Crippen LogP contribution in [0.2, 0.25) is 13.1 Å². The third-order valence-electron chi connectivity index (χ3n) is 10.7. The Balaban J connectivity index is 0.00000101. The van der Waals surface area contributed by atoms with E-state index in [9.17, 15) is 0 Å². The van der Waals surface area contributed by atoms with Gasteiger partial charge in [-0.2, -0.15) is 17.7 Å². The van der Waals surface area contributed by atoms with Crippen molar-refractivity contribution in [3.8, 4) is 22.3 Å². The van der Waals surface area contributed by atoms with E-state index in [1.54, 1.807) is 0 Å². The van der Waals surface area contributed by atoms with Gasteiger partial charge < -0.3 is 24.8 Å². The molecule has 0 aliphatic heterocycles. The molecule has 8 rings (SSSR count). The fourth-order valence-electron chi connectivity index (χ4n) is 8.17. The van der Waals surface area contributed by atoms with E-state index in [-0.39, 0.29) is 67.8 Å². The standard InChI is InChI=1S/C47H45.C2H6Si.2ClH.Zr/c1-8-14-31-25-41-37(40-23-29-15-9-10-16-34(29)35-17-11-12-18-36(35)40)19-13-20-38(41)45(31)44-28-33(47(5,6)7)27-43-39-26-32(46(2,3)4)22-21-30(39)24-42(43)44;1-3-2;;;/h9-13,15-23,25-27,45H,8,14,24H2,1-7H3;1-2H3;2*1H;/q-1;;;;+3/p-2. The Bertz CT molecular complexity index is 2290. The van der Waals surface area contributed by atoms with Gasteiger partial charge in [-0.05, 0) is 90.2 Å². The Labute approximate surface area is 353 Å². The van der Waals surface area contributed by atoms with Crippen LogP contribution in [0.4, 0.5) is 0 Å². The molecule has 0 spiro atoms. The fraction of sp³-hybridized carbons (Fsp3) is 0.306. The summed E-state index contributed by atoms with van der Waals surface area (Å²) in [5.74, 6) is 0.212. The Hall–Kier alpha value is -2.74. The van der Waals surface area contributed by atoms with E-state index >= 15 is 0 Å². The maximum absolute atomic E-state index is 4.11. The van der Waals surface area contributed by atoms with Crippen molar-refractivity contribution < 1.29 is 51.0 Å². The second-order valence-corrected chi connectivity index (χ2v) is 17.4. The molecule has 0 saturated heterocycles. The number of allylic oxidation sites excluding steroid dienone is 1.